The van der Waals surface area contributed by atoms with Crippen molar-refractivity contribution in [1.29, 1.82) is 0 Å². The van der Waals surface area contributed by atoms with Crippen LogP contribution in [0.2, 0.25) is 5.02 Å². The average molecular weight is 264 g/mol. The maximum atomic E-state index is 10.8. The number of carboxylic acid groups (broad SMARTS) is 1. The van der Waals surface area contributed by atoms with Crippen molar-refractivity contribution < 1.29 is 9.90 Å². The quantitative estimate of drug-likeness (QED) is 0.792. The van der Waals surface area contributed by atoms with Gasteiger partial charge in [0, 0.05) is 10.7 Å². The summed E-state index contributed by atoms with van der Waals surface area (Å²) < 4.78 is 0. The maximum Gasteiger partial charge on any atom is 0.354 e. The third-order valence-corrected chi connectivity index (χ3v) is 2.47. The molecule has 0 aliphatic heterocycles. The van der Waals surface area contributed by atoms with Crippen LogP contribution in [-0.4, -0.2) is 16.1 Å². The Morgan fingerprint density at radius 3 is 2.78 bits per heavy atom. The fraction of sp³-hybridized carbons (Fsp3) is 0. The molecule has 0 unspecified atom stereocenters. The molecule has 0 atom stereocenters. The van der Waals surface area contributed by atoms with Crippen molar-refractivity contribution in [3.8, 4) is 0 Å². The molecule has 0 saturated carbocycles. The predicted molar refractivity (Wildman–Crippen MR) is 70.3 cm³/mol. The summed E-state index contributed by atoms with van der Waals surface area (Å²) in [6, 6.07) is 9.81. The third kappa shape index (κ3) is 2.70. The molecule has 0 aliphatic rings. The van der Waals surface area contributed by atoms with E-state index in [0.717, 1.165) is 0 Å². The number of nitrogens with one attached hydrogen (secondary N) is 1. The normalized spacial score (nSPS) is 10.1. The maximum absolute atomic E-state index is 10.8. The molecule has 2 rings (SSSR count). The minimum atomic E-state index is -1.11. The number of carbonyl (C=O) groups is 1. The zero-order valence-electron chi connectivity index (χ0n) is 9.22. The van der Waals surface area contributed by atoms with Gasteiger partial charge in [0.2, 0.25) is 0 Å². The smallest absolute Gasteiger partial charge is 0.354 e. The molecule has 1 aromatic heterocycles. The van der Waals surface area contributed by atoms with Crippen LogP contribution >= 0.6 is 11.6 Å². The van der Waals surface area contributed by atoms with Crippen LogP contribution in [0.15, 0.2) is 36.4 Å². The number of anilines is 3. The van der Waals surface area contributed by atoms with Gasteiger partial charge in [-0.2, -0.15) is 0 Å². The molecule has 18 heavy (non-hydrogen) atoms. The Bertz CT molecular complexity index is 602. The van der Waals surface area contributed by atoms with Crippen molar-refractivity contribution in [3.63, 3.8) is 0 Å². The van der Waals surface area contributed by atoms with Gasteiger partial charge in [-0.15, -0.1) is 0 Å². The molecule has 0 radical (unpaired) electrons. The van der Waals surface area contributed by atoms with E-state index in [1.54, 1.807) is 24.3 Å². The lowest BCUT2D eigenvalue weighted by molar-refractivity contribution is 0.0690. The van der Waals surface area contributed by atoms with Crippen LogP contribution < -0.4 is 11.1 Å². The predicted octanol–water partition coefficient (Wildman–Crippen LogP) is 2.76. The molecule has 6 heteroatoms. The first-order valence-electron chi connectivity index (χ1n) is 5.08. The number of aromatic nitrogens is 1. The lowest BCUT2D eigenvalue weighted by Crippen LogP contribution is -2.05. The van der Waals surface area contributed by atoms with Crippen LogP contribution in [0.3, 0.4) is 0 Å². The first-order valence-corrected chi connectivity index (χ1v) is 5.46. The topological polar surface area (TPSA) is 88.2 Å². The van der Waals surface area contributed by atoms with Crippen molar-refractivity contribution in [2.45, 2.75) is 0 Å². The summed E-state index contributed by atoms with van der Waals surface area (Å²) in [5.41, 5.74) is 6.69. The highest BCUT2D eigenvalue weighted by molar-refractivity contribution is 6.30. The molecule has 1 heterocycles. The summed E-state index contributed by atoms with van der Waals surface area (Å²) in [6.07, 6.45) is 0. The summed E-state index contributed by atoms with van der Waals surface area (Å²) in [7, 11) is 0. The number of pyridine rings is 1. The lowest BCUT2D eigenvalue weighted by Gasteiger charge is -2.09. The van der Waals surface area contributed by atoms with E-state index in [-0.39, 0.29) is 11.5 Å². The van der Waals surface area contributed by atoms with Gasteiger partial charge in [-0.25, -0.2) is 9.78 Å². The van der Waals surface area contributed by atoms with E-state index < -0.39 is 5.97 Å². The van der Waals surface area contributed by atoms with E-state index in [2.05, 4.69) is 10.3 Å². The van der Waals surface area contributed by atoms with Crippen molar-refractivity contribution in [3.05, 3.63) is 47.1 Å². The van der Waals surface area contributed by atoms with E-state index in [1.165, 1.54) is 12.1 Å². The van der Waals surface area contributed by atoms with Crippen LogP contribution in [0.1, 0.15) is 10.5 Å². The van der Waals surface area contributed by atoms with Crippen molar-refractivity contribution in [1.82, 2.24) is 4.98 Å². The number of rotatable bonds is 3. The number of nitrogens with two attached hydrogens (primary N) is 1. The van der Waals surface area contributed by atoms with Gasteiger partial charge in [-0.1, -0.05) is 17.7 Å². The monoisotopic (exact) mass is 263 g/mol. The second kappa shape index (κ2) is 4.93. The Morgan fingerprint density at radius 1 is 1.33 bits per heavy atom. The molecule has 0 aliphatic carbocycles. The van der Waals surface area contributed by atoms with Gasteiger partial charge in [0.25, 0.3) is 0 Å². The van der Waals surface area contributed by atoms with E-state index in [4.69, 9.17) is 22.4 Å². The third-order valence-electron chi connectivity index (χ3n) is 2.23. The van der Waals surface area contributed by atoms with Gasteiger partial charge in [-0.05, 0) is 30.3 Å². The zero-order chi connectivity index (χ0) is 13.1. The summed E-state index contributed by atoms with van der Waals surface area (Å²) in [4.78, 5) is 14.7. The molecule has 0 saturated heterocycles. The van der Waals surface area contributed by atoms with E-state index in [1.807, 2.05) is 0 Å². The van der Waals surface area contributed by atoms with Gasteiger partial charge in [0.15, 0.2) is 11.5 Å². The Labute approximate surface area is 108 Å². The first kappa shape index (κ1) is 12.2. The van der Waals surface area contributed by atoms with Crippen LogP contribution in [0.5, 0.6) is 0 Å². The van der Waals surface area contributed by atoms with Crippen LogP contribution in [-0.2, 0) is 0 Å². The number of nitrogen functional groups attached to an aromatic ring is 1. The van der Waals surface area contributed by atoms with Crippen molar-refractivity contribution in [2.24, 2.45) is 0 Å². The number of hydrogen-bond acceptors (Lipinski definition) is 4. The average Bonchev–Trinajstić information content (AvgIpc) is 2.31. The number of aromatic carboxylic acids is 1. The summed E-state index contributed by atoms with van der Waals surface area (Å²) in [6.45, 7) is 0. The van der Waals surface area contributed by atoms with E-state index in [0.29, 0.717) is 16.4 Å². The Kier molecular flexibility index (Phi) is 3.34. The molecular formula is C12H10ClN3O2. The summed E-state index contributed by atoms with van der Waals surface area (Å²) >= 11 is 5.85. The number of nitrogens with zero attached hydrogens (tertiary/aromatic N) is 1. The SMILES string of the molecule is Nc1ccc(C(=O)O)nc1Nc1cccc(Cl)c1. The van der Waals surface area contributed by atoms with Gasteiger partial charge < -0.3 is 16.2 Å². The highest BCUT2D eigenvalue weighted by atomic mass is 35.5. The molecule has 0 bridgehead atoms. The van der Waals surface area contributed by atoms with Crippen LogP contribution in [0, 0.1) is 0 Å². The summed E-state index contributed by atoms with van der Waals surface area (Å²) in [5, 5.41) is 12.3. The van der Waals surface area contributed by atoms with Crippen molar-refractivity contribution >= 4 is 34.8 Å². The molecule has 5 nitrogen and oxygen atoms in total. The molecule has 1 aromatic carbocycles. The summed E-state index contributed by atoms with van der Waals surface area (Å²) in [5.74, 6) is -0.818. The van der Waals surface area contributed by atoms with Crippen molar-refractivity contribution in [2.75, 3.05) is 11.1 Å². The molecule has 0 spiro atoms. The first-order chi connectivity index (χ1) is 8.56. The van der Waals surface area contributed by atoms with E-state index in [9.17, 15) is 4.79 Å². The highest BCUT2D eigenvalue weighted by Gasteiger charge is 2.08. The second-order valence-corrected chi connectivity index (χ2v) is 4.01. The number of hydrogen-bond donors (Lipinski definition) is 3. The largest absolute Gasteiger partial charge is 0.477 e. The molecule has 0 amide bonds. The van der Waals surface area contributed by atoms with Crippen LogP contribution in [0.4, 0.5) is 17.2 Å². The van der Waals surface area contributed by atoms with Gasteiger partial charge in [-0.3, -0.25) is 0 Å². The lowest BCUT2D eigenvalue weighted by atomic mass is 10.3. The zero-order valence-corrected chi connectivity index (χ0v) is 9.98. The molecular weight excluding hydrogens is 254 g/mol. The standard InChI is InChI=1S/C12H10ClN3O2/c13-7-2-1-3-8(6-7)15-11-9(14)4-5-10(16-11)12(17)18/h1-6H,14H2,(H,15,16)(H,17,18). The molecule has 2 aromatic rings. The van der Waals surface area contributed by atoms with Gasteiger partial charge in [0.1, 0.15) is 0 Å². The number of carboxylic acids is 1. The molecule has 92 valence electrons. The van der Waals surface area contributed by atoms with Gasteiger partial charge >= 0.3 is 5.97 Å². The second-order valence-electron chi connectivity index (χ2n) is 3.57. The molecule has 4 N–H and O–H groups in total. The molecule has 0 fully saturated rings. The van der Waals surface area contributed by atoms with Crippen LogP contribution in [0.25, 0.3) is 0 Å². The fourth-order valence-corrected chi connectivity index (χ4v) is 1.58. The Balaban J connectivity index is 2.33. The number of benzene rings is 1. The Hall–Kier alpha value is -2.27. The minimum absolute atomic E-state index is 0.0753. The number of halogens is 1. The fourth-order valence-electron chi connectivity index (χ4n) is 1.39. The minimum Gasteiger partial charge on any atom is -0.477 e. The van der Waals surface area contributed by atoms with Gasteiger partial charge in [0.05, 0.1) is 5.69 Å². The Morgan fingerprint density at radius 2 is 2.11 bits per heavy atom. The van der Waals surface area contributed by atoms with E-state index >= 15 is 0 Å². The highest BCUT2D eigenvalue weighted by Crippen LogP contribution is 2.23.